The summed E-state index contributed by atoms with van der Waals surface area (Å²) in [6.07, 6.45) is -4.40. The van der Waals surface area contributed by atoms with E-state index in [1.165, 1.54) is 19.1 Å². The van der Waals surface area contributed by atoms with Crippen molar-refractivity contribution in [3.05, 3.63) is 17.9 Å². The summed E-state index contributed by atoms with van der Waals surface area (Å²) in [6, 6.07) is 2.58. The molecule has 4 nitrogen and oxygen atoms in total. The molecule has 0 unspecified atom stereocenters. The molecule has 17 heavy (non-hydrogen) atoms. The van der Waals surface area contributed by atoms with Gasteiger partial charge in [-0.1, -0.05) is 0 Å². The van der Waals surface area contributed by atoms with Gasteiger partial charge in [-0.2, -0.15) is 13.2 Å². The highest BCUT2D eigenvalue weighted by molar-refractivity contribution is 5.91. The van der Waals surface area contributed by atoms with Crippen molar-refractivity contribution >= 4 is 11.7 Å². The van der Waals surface area contributed by atoms with Crippen LogP contribution in [-0.2, 0) is 0 Å². The quantitative estimate of drug-likeness (QED) is 0.811. The van der Waals surface area contributed by atoms with Crippen molar-refractivity contribution in [1.29, 1.82) is 0 Å². The Morgan fingerprint density at radius 2 is 2.12 bits per heavy atom. The van der Waals surface area contributed by atoms with Crippen LogP contribution in [0.1, 0.15) is 17.5 Å². The molecule has 1 rings (SSSR count). The highest BCUT2D eigenvalue weighted by Crippen LogP contribution is 2.24. The first kappa shape index (κ1) is 13.6. The van der Waals surface area contributed by atoms with Crippen LogP contribution in [0.5, 0.6) is 0 Å². The summed E-state index contributed by atoms with van der Waals surface area (Å²) in [6.45, 7) is -0.641. The van der Waals surface area contributed by atoms with Crippen molar-refractivity contribution < 1.29 is 27.5 Å². The van der Waals surface area contributed by atoms with Gasteiger partial charge >= 0.3 is 6.18 Å². The number of nitrogens with zero attached hydrogens (tertiary/aromatic N) is 1. The molecule has 1 aromatic heterocycles. The Hall–Kier alpha value is -1.50. The maximum atomic E-state index is 12.2. The number of hydrogen-bond donors (Lipinski definition) is 1. The Balaban J connectivity index is 2.85. The summed E-state index contributed by atoms with van der Waals surface area (Å²) in [5.41, 5.74) is 0. The van der Waals surface area contributed by atoms with Crippen molar-refractivity contribution in [3.8, 4) is 0 Å². The van der Waals surface area contributed by atoms with E-state index in [2.05, 4.69) is 0 Å². The lowest BCUT2D eigenvalue weighted by atomic mass is 10.3. The second-order valence-corrected chi connectivity index (χ2v) is 3.45. The number of carbonyl (C=O) groups excluding carboxylic acids is 1. The Labute approximate surface area is 95.6 Å². The molecule has 1 aromatic rings. The largest absolute Gasteiger partial charge is 0.437 e. The molecular weight excluding hydrogens is 239 g/mol. The van der Waals surface area contributed by atoms with E-state index < -0.39 is 19.3 Å². The topological polar surface area (TPSA) is 53.7 Å². The number of aliphatic hydroxyl groups excluding tert-OH is 1. The van der Waals surface area contributed by atoms with E-state index in [-0.39, 0.29) is 24.0 Å². The lowest BCUT2D eigenvalue weighted by Crippen LogP contribution is -2.36. The van der Waals surface area contributed by atoms with E-state index in [4.69, 9.17) is 9.52 Å². The van der Waals surface area contributed by atoms with E-state index in [1.807, 2.05) is 0 Å². The van der Waals surface area contributed by atoms with Crippen LogP contribution < -0.4 is 4.90 Å². The van der Waals surface area contributed by atoms with Crippen LogP contribution >= 0.6 is 0 Å². The van der Waals surface area contributed by atoms with Crippen molar-refractivity contribution in [1.82, 2.24) is 0 Å². The molecule has 0 bridgehead atoms. The number of alkyl halides is 3. The van der Waals surface area contributed by atoms with Crippen molar-refractivity contribution in [2.75, 3.05) is 24.6 Å². The zero-order valence-corrected chi connectivity index (χ0v) is 9.12. The van der Waals surface area contributed by atoms with Crippen molar-refractivity contribution in [2.45, 2.75) is 13.1 Å². The highest BCUT2D eigenvalue weighted by atomic mass is 19.4. The molecule has 0 aliphatic heterocycles. The summed E-state index contributed by atoms with van der Waals surface area (Å²) in [4.78, 5) is 11.8. The van der Waals surface area contributed by atoms with E-state index in [0.29, 0.717) is 0 Å². The van der Waals surface area contributed by atoms with Crippen LogP contribution in [0.2, 0.25) is 0 Å². The van der Waals surface area contributed by atoms with Crippen molar-refractivity contribution in [3.63, 3.8) is 0 Å². The van der Waals surface area contributed by atoms with Crippen LogP contribution in [0.25, 0.3) is 0 Å². The van der Waals surface area contributed by atoms with Gasteiger partial charge < -0.3 is 14.4 Å². The molecule has 0 radical (unpaired) electrons. The van der Waals surface area contributed by atoms with Crippen LogP contribution in [-0.4, -0.2) is 36.8 Å². The molecule has 7 heteroatoms. The molecule has 0 saturated heterocycles. The van der Waals surface area contributed by atoms with Gasteiger partial charge in [0, 0.05) is 19.5 Å². The number of Topliss-reactive ketones (excluding diaryl/α,β-unsaturated/α-hetero) is 1. The van der Waals surface area contributed by atoms with Crippen LogP contribution in [0.15, 0.2) is 16.5 Å². The fourth-order valence-electron chi connectivity index (χ4n) is 1.29. The van der Waals surface area contributed by atoms with Gasteiger partial charge in [0.25, 0.3) is 0 Å². The summed E-state index contributed by atoms with van der Waals surface area (Å²) < 4.78 is 41.7. The average molecular weight is 251 g/mol. The summed E-state index contributed by atoms with van der Waals surface area (Å²) in [7, 11) is 0. The fraction of sp³-hybridized carbons (Fsp3) is 0.500. The van der Waals surface area contributed by atoms with Gasteiger partial charge in [-0.05, 0) is 6.07 Å². The lowest BCUT2D eigenvalue weighted by molar-refractivity contribution is -0.120. The molecule has 0 amide bonds. The Morgan fingerprint density at radius 1 is 1.47 bits per heavy atom. The minimum absolute atomic E-state index is 0.00915. The summed E-state index contributed by atoms with van der Waals surface area (Å²) >= 11 is 0. The van der Waals surface area contributed by atoms with Crippen molar-refractivity contribution in [2.24, 2.45) is 0 Å². The number of aliphatic hydroxyl groups is 1. The zero-order chi connectivity index (χ0) is 13.1. The maximum absolute atomic E-state index is 12.2. The second kappa shape index (κ2) is 5.22. The average Bonchev–Trinajstić information content (AvgIpc) is 2.63. The molecule has 0 saturated carbocycles. The number of anilines is 1. The van der Waals surface area contributed by atoms with E-state index >= 15 is 0 Å². The molecule has 0 atom stereocenters. The Kier molecular flexibility index (Phi) is 4.17. The predicted molar refractivity (Wildman–Crippen MR) is 54.1 cm³/mol. The minimum Gasteiger partial charge on any atom is -0.437 e. The number of carbonyl (C=O) groups is 1. The third-order valence-corrected chi connectivity index (χ3v) is 1.99. The van der Waals surface area contributed by atoms with Gasteiger partial charge in [-0.15, -0.1) is 0 Å². The maximum Gasteiger partial charge on any atom is 0.406 e. The van der Waals surface area contributed by atoms with Gasteiger partial charge in [-0.3, -0.25) is 4.79 Å². The third-order valence-electron chi connectivity index (χ3n) is 1.99. The number of hydrogen-bond acceptors (Lipinski definition) is 4. The lowest BCUT2D eigenvalue weighted by Gasteiger charge is -2.22. The number of furan rings is 1. The molecule has 96 valence electrons. The second-order valence-electron chi connectivity index (χ2n) is 3.45. The van der Waals surface area contributed by atoms with Crippen LogP contribution in [0.4, 0.5) is 19.1 Å². The SMILES string of the molecule is CC(=O)c1ccc(N(CCO)CC(F)(F)F)o1. The van der Waals surface area contributed by atoms with E-state index in [9.17, 15) is 18.0 Å². The highest BCUT2D eigenvalue weighted by Gasteiger charge is 2.31. The normalized spacial score (nSPS) is 11.6. The van der Waals surface area contributed by atoms with E-state index in [0.717, 1.165) is 4.90 Å². The smallest absolute Gasteiger partial charge is 0.406 e. The molecule has 1 N–H and O–H groups in total. The number of ketones is 1. The summed E-state index contributed by atoms with van der Waals surface area (Å²) in [5, 5.41) is 8.69. The predicted octanol–water partition coefficient (Wildman–Crippen LogP) is 1.84. The molecule has 0 aliphatic rings. The zero-order valence-electron chi connectivity index (χ0n) is 9.12. The fourth-order valence-corrected chi connectivity index (χ4v) is 1.29. The molecule has 0 aromatic carbocycles. The molecule has 0 spiro atoms. The Morgan fingerprint density at radius 3 is 2.53 bits per heavy atom. The van der Waals surface area contributed by atoms with Gasteiger partial charge in [0.2, 0.25) is 0 Å². The molecule has 1 heterocycles. The standard InChI is InChI=1S/C10H12F3NO3/c1-7(16)8-2-3-9(17-8)14(4-5-15)6-10(11,12)13/h2-3,15H,4-6H2,1H3. The van der Waals surface area contributed by atoms with Gasteiger partial charge in [0.1, 0.15) is 6.54 Å². The first-order valence-corrected chi connectivity index (χ1v) is 4.87. The molecule has 0 fully saturated rings. The van der Waals surface area contributed by atoms with Gasteiger partial charge in [-0.25, -0.2) is 0 Å². The first-order chi connectivity index (χ1) is 7.83. The number of rotatable bonds is 5. The van der Waals surface area contributed by atoms with Crippen LogP contribution in [0.3, 0.4) is 0 Å². The minimum atomic E-state index is -4.40. The monoisotopic (exact) mass is 251 g/mol. The molecule has 0 aliphatic carbocycles. The number of halogens is 3. The third kappa shape index (κ3) is 4.10. The van der Waals surface area contributed by atoms with Crippen LogP contribution in [0, 0.1) is 0 Å². The van der Waals surface area contributed by atoms with E-state index in [1.54, 1.807) is 0 Å². The van der Waals surface area contributed by atoms with Gasteiger partial charge in [0.05, 0.1) is 6.61 Å². The first-order valence-electron chi connectivity index (χ1n) is 4.87. The van der Waals surface area contributed by atoms with Gasteiger partial charge in [0.15, 0.2) is 17.4 Å². The molecular formula is C10H12F3NO3. The summed E-state index contributed by atoms with van der Waals surface area (Å²) in [5.74, 6) is -0.459. The Bertz CT molecular complexity index is 386.